The lowest BCUT2D eigenvalue weighted by Crippen LogP contribution is -2.15. The first-order valence-electron chi connectivity index (χ1n) is 20.0. The molecule has 4 aromatic carbocycles. The molecule has 0 radical (unpaired) electrons. The molecular weight excluding hydrogens is 839 g/mol. The van der Waals surface area contributed by atoms with E-state index in [0.29, 0.717) is 101 Å². The molecule has 0 amide bonds. The summed E-state index contributed by atoms with van der Waals surface area (Å²) in [5.41, 5.74) is 22.6. The van der Waals surface area contributed by atoms with Gasteiger partial charge in [0.1, 0.15) is 89.9 Å². The zero-order chi connectivity index (χ0) is 45.5. The number of nitrogens with two attached hydrogens (primary N) is 3. The average molecular weight is 878 g/mol. The number of hydrogen-bond acceptors (Lipinski definition) is 16. The molecule has 0 bridgehead atoms. The summed E-state index contributed by atoms with van der Waals surface area (Å²) in [5.74, 6) is 2.82. The number of nitriles is 4. The van der Waals surface area contributed by atoms with Gasteiger partial charge in [0.25, 0.3) is 0 Å². The number of benzene rings is 4. The zero-order valence-electron chi connectivity index (χ0n) is 34.7. The van der Waals surface area contributed by atoms with Crippen molar-refractivity contribution >= 4 is 29.2 Å². The number of nitrogens with zero attached hydrogens (tertiary/aromatic N) is 7. The maximum Gasteiger partial charge on any atom is 0.161 e. The Balaban J connectivity index is 0.000000166. The van der Waals surface area contributed by atoms with Crippen molar-refractivity contribution in [1.29, 1.82) is 21.0 Å². The van der Waals surface area contributed by atoms with Crippen molar-refractivity contribution in [3.63, 3.8) is 0 Å². The Bertz CT molecular complexity index is 2980. The van der Waals surface area contributed by atoms with Crippen LogP contribution in [-0.4, -0.2) is 41.4 Å². The second-order valence-corrected chi connectivity index (χ2v) is 14.9. The Labute approximate surface area is 379 Å². The molecule has 9 rings (SSSR count). The fourth-order valence-corrected chi connectivity index (χ4v) is 7.61. The molecule has 0 fully saturated rings. The van der Waals surface area contributed by atoms with Gasteiger partial charge in [0.05, 0.1) is 5.56 Å². The molecule has 0 unspecified atom stereocenters. The Hall–Kier alpha value is -8.80. The number of nitrogen functional groups attached to an aromatic ring is 2. The number of aromatic nitrogens is 3. The van der Waals surface area contributed by atoms with Gasteiger partial charge in [0, 0.05) is 41.5 Å². The predicted octanol–water partition coefficient (Wildman–Crippen LogP) is 7.99. The molecule has 7 aromatic rings. The molecule has 0 atom stereocenters. The van der Waals surface area contributed by atoms with Crippen molar-refractivity contribution in [1.82, 2.24) is 15.0 Å². The van der Waals surface area contributed by atoms with Gasteiger partial charge in [-0.2, -0.15) is 21.0 Å². The van der Waals surface area contributed by atoms with Crippen LogP contribution in [0.2, 0.25) is 0 Å². The second kappa shape index (κ2) is 21.3. The SMILES string of the molecule is N#Cc1c(N)nc(NCc2cccnc2)c(C#N)c1-c1ccc2c(c1)OCCO2.N#Cc1c(N)nc(Sc2ccccc2)c(C#N)c1-c1ccc2c(c1)OCCO2.NCc1ccccc1. The number of ether oxygens (including phenoxy) is 4. The van der Waals surface area contributed by atoms with Crippen molar-refractivity contribution in [3.05, 3.63) is 155 Å². The van der Waals surface area contributed by atoms with Gasteiger partial charge in [-0.3, -0.25) is 4.98 Å². The van der Waals surface area contributed by atoms with Crippen LogP contribution in [0.25, 0.3) is 22.3 Å². The van der Waals surface area contributed by atoms with E-state index in [-0.39, 0.29) is 28.3 Å². The Morgan fingerprint density at radius 2 is 1.08 bits per heavy atom. The van der Waals surface area contributed by atoms with Crippen LogP contribution in [0.5, 0.6) is 23.0 Å². The van der Waals surface area contributed by atoms with Crippen molar-refractivity contribution in [2.75, 3.05) is 43.2 Å². The van der Waals surface area contributed by atoms with Gasteiger partial charge < -0.3 is 41.5 Å². The standard InChI is InChI=1S/C21H16N6O2.C21H14N4O2S.C7H9N/c22-9-15-19(14-3-4-17-18(8-14)29-7-6-28-17)16(10-23)21(27-20(15)24)26-12-13-2-1-5-25-11-13;22-11-15-19(13-6-7-17-18(10-13)27-9-8-26-17)16(12-23)21(25-20(15)24)28-14-4-2-1-3-5-14;8-6-7-4-2-1-3-5-7/h1-5,8,11H,6-7,12H2,(H3,24,26,27);1-7,10H,8-9H2,(H2,24,25);1-5H,6,8H2. The highest BCUT2D eigenvalue weighted by Crippen LogP contribution is 2.42. The minimum Gasteiger partial charge on any atom is -0.486 e. The van der Waals surface area contributed by atoms with Gasteiger partial charge >= 0.3 is 0 Å². The highest BCUT2D eigenvalue weighted by atomic mass is 32.2. The molecule has 0 spiro atoms. The van der Waals surface area contributed by atoms with Gasteiger partial charge in [-0.05, 0) is 64.7 Å². The van der Waals surface area contributed by atoms with E-state index in [9.17, 15) is 21.0 Å². The van der Waals surface area contributed by atoms with E-state index in [1.807, 2.05) is 72.8 Å². The van der Waals surface area contributed by atoms with Gasteiger partial charge in [-0.25, -0.2) is 9.97 Å². The summed E-state index contributed by atoms with van der Waals surface area (Å²) in [4.78, 5) is 13.6. The molecule has 65 heavy (non-hydrogen) atoms. The molecule has 0 aliphatic carbocycles. The van der Waals surface area contributed by atoms with Crippen LogP contribution < -0.4 is 41.5 Å². The van der Waals surface area contributed by atoms with Crippen molar-refractivity contribution in [3.8, 4) is 69.5 Å². The second-order valence-electron chi connectivity index (χ2n) is 13.9. The smallest absolute Gasteiger partial charge is 0.161 e. The third kappa shape index (κ3) is 10.5. The summed E-state index contributed by atoms with van der Waals surface area (Å²) in [5, 5.41) is 42.6. The summed E-state index contributed by atoms with van der Waals surface area (Å²) in [6.45, 7) is 2.88. The number of rotatable bonds is 8. The number of hydrogen-bond donors (Lipinski definition) is 4. The van der Waals surface area contributed by atoms with Crippen molar-refractivity contribution < 1.29 is 18.9 Å². The lowest BCUT2D eigenvalue weighted by atomic mass is 9.95. The van der Waals surface area contributed by atoms with E-state index in [1.54, 1.807) is 48.8 Å². The normalized spacial score (nSPS) is 11.6. The molecule has 3 aromatic heterocycles. The lowest BCUT2D eigenvalue weighted by molar-refractivity contribution is 0.171. The number of fused-ring (bicyclic) bond motifs is 2. The molecule has 2 aliphatic rings. The van der Waals surface area contributed by atoms with E-state index in [1.165, 1.54) is 17.3 Å². The van der Waals surface area contributed by atoms with Crippen LogP contribution in [0.15, 0.2) is 132 Å². The third-order valence-electron chi connectivity index (χ3n) is 9.75. The first-order valence-corrected chi connectivity index (χ1v) is 20.8. The van der Waals surface area contributed by atoms with E-state index >= 15 is 0 Å². The van der Waals surface area contributed by atoms with Gasteiger partial charge in [-0.15, -0.1) is 0 Å². The van der Waals surface area contributed by atoms with E-state index < -0.39 is 0 Å². The van der Waals surface area contributed by atoms with E-state index in [0.717, 1.165) is 10.5 Å². The Morgan fingerprint density at radius 3 is 1.58 bits per heavy atom. The average Bonchev–Trinajstić information content (AvgIpc) is 3.36. The molecule has 5 heterocycles. The first kappa shape index (κ1) is 44.3. The van der Waals surface area contributed by atoms with Gasteiger partial charge in [-0.1, -0.05) is 78.5 Å². The maximum atomic E-state index is 9.88. The van der Waals surface area contributed by atoms with Crippen LogP contribution in [0.1, 0.15) is 33.4 Å². The van der Waals surface area contributed by atoms with Crippen LogP contribution in [0.3, 0.4) is 0 Å². The first-order chi connectivity index (χ1) is 31.8. The Morgan fingerprint density at radius 1 is 0.569 bits per heavy atom. The van der Waals surface area contributed by atoms with Gasteiger partial charge in [0.2, 0.25) is 0 Å². The van der Waals surface area contributed by atoms with Crippen LogP contribution in [0.4, 0.5) is 17.5 Å². The highest BCUT2D eigenvalue weighted by molar-refractivity contribution is 7.99. The lowest BCUT2D eigenvalue weighted by Gasteiger charge is -2.20. The summed E-state index contributed by atoms with van der Waals surface area (Å²) in [7, 11) is 0. The van der Waals surface area contributed by atoms with E-state index in [4.69, 9.17) is 36.1 Å². The summed E-state index contributed by atoms with van der Waals surface area (Å²) in [6, 6.07) is 42.4. The molecule has 15 nitrogen and oxygen atoms in total. The molecule has 320 valence electrons. The minimum atomic E-state index is 0.0464. The van der Waals surface area contributed by atoms with Crippen molar-refractivity contribution in [2.45, 2.75) is 23.0 Å². The highest BCUT2D eigenvalue weighted by Gasteiger charge is 2.24. The van der Waals surface area contributed by atoms with Crippen LogP contribution in [0, 0.1) is 45.3 Å². The summed E-state index contributed by atoms with van der Waals surface area (Å²) in [6.07, 6.45) is 3.40. The fourth-order valence-electron chi connectivity index (χ4n) is 6.70. The number of anilines is 3. The molecule has 16 heteroatoms. The molecule has 0 saturated heterocycles. The molecular formula is C49H39N11O4S. The number of pyridine rings is 3. The summed E-state index contributed by atoms with van der Waals surface area (Å²) >= 11 is 1.33. The molecule has 2 aliphatic heterocycles. The minimum absolute atomic E-state index is 0.0464. The maximum absolute atomic E-state index is 9.88. The largest absolute Gasteiger partial charge is 0.486 e. The number of nitrogens with one attached hydrogen (secondary N) is 1. The quantitative estimate of drug-likeness (QED) is 0.113. The van der Waals surface area contributed by atoms with Crippen LogP contribution >= 0.6 is 11.8 Å². The summed E-state index contributed by atoms with van der Waals surface area (Å²) < 4.78 is 22.4. The fraction of sp³-hybridized carbons (Fsp3) is 0.122. The van der Waals surface area contributed by atoms with Crippen LogP contribution in [-0.2, 0) is 13.1 Å². The van der Waals surface area contributed by atoms with Crippen molar-refractivity contribution in [2.24, 2.45) is 5.73 Å². The monoisotopic (exact) mass is 877 g/mol. The topological polar surface area (TPSA) is 261 Å². The zero-order valence-corrected chi connectivity index (χ0v) is 35.5. The molecule has 0 saturated carbocycles. The molecule has 7 N–H and O–H groups in total. The predicted molar refractivity (Wildman–Crippen MR) is 245 cm³/mol. The third-order valence-corrected chi connectivity index (χ3v) is 10.7. The van der Waals surface area contributed by atoms with E-state index in [2.05, 4.69) is 44.5 Å². The Kier molecular flexibility index (Phi) is 14.5. The van der Waals surface area contributed by atoms with Gasteiger partial charge in [0.15, 0.2) is 23.0 Å².